The van der Waals surface area contributed by atoms with Gasteiger partial charge in [-0.3, -0.25) is 4.79 Å². The Morgan fingerprint density at radius 1 is 1.43 bits per heavy atom. The van der Waals surface area contributed by atoms with E-state index < -0.39 is 12.0 Å². The van der Waals surface area contributed by atoms with E-state index in [1.54, 1.807) is 23.6 Å². The van der Waals surface area contributed by atoms with Crippen LogP contribution in [0.1, 0.15) is 15.4 Å². The van der Waals surface area contributed by atoms with Gasteiger partial charge in [-0.2, -0.15) is 0 Å². The van der Waals surface area contributed by atoms with Crippen LogP contribution in [-0.4, -0.2) is 33.0 Å². The molecule has 3 heterocycles. The van der Waals surface area contributed by atoms with Crippen LogP contribution in [0.3, 0.4) is 0 Å². The molecule has 0 aliphatic carbocycles. The lowest BCUT2D eigenvalue weighted by atomic mass is 10.1. The van der Waals surface area contributed by atoms with Crippen molar-refractivity contribution in [3.63, 3.8) is 0 Å². The molecule has 6 nitrogen and oxygen atoms in total. The second-order valence-electron chi connectivity index (χ2n) is 4.41. The molecular weight excluding hydrogens is 310 g/mol. The predicted octanol–water partition coefficient (Wildman–Crippen LogP) is 2.11. The minimum atomic E-state index is -1.07. The molecule has 1 unspecified atom stereocenters. The second-order valence-corrected chi connectivity index (χ2v) is 6.44. The summed E-state index contributed by atoms with van der Waals surface area (Å²) in [5.41, 5.74) is 0.662. The number of imidazole rings is 1. The van der Waals surface area contributed by atoms with Crippen molar-refractivity contribution in [1.82, 2.24) is 15.3 Å². The van der Waals surface area contributed by atoms with Crippen molar-refractivity contribution in [3.8, 4) is 0 Å². The lowest BCUT2D eigenvalue weighted by molar-refractivity contribution is -0.139. The van der Waals surface area contributed by atoms with Gasteiger partial charge in [0.15, 0.2) is 0 Å². The highest BCUT2D eigenvalue weighted by Gasteiger charge is 2.22. The highest BCUT2D eigenvalue weighted by molar-refractivity contribution is 7.27. The number of fused-ring (bicyclic) bond motifs is 1. The Balaban J connectivity index is 1.74. The van der Waals surface area contributed by atoms with E-state index in [4.69, 9.17) is 0 Å². The first-order chi connectivity index (χ1) is 10.1. The molecule has 0 aliphatic rings. The van der Waals surface area contributed by atoms with Crippen LogP contribution in [0, 0.1) is 0 Å². The van der Waals surface area contributed by atoms with Gasteiger partial charge in [-0.1, -0.05) is 0 Å². The molecule has 3 aromatic rings. The first-order valence-electron chi connectivity index (χ1n) is 6.11. The Morgan fingerprint density at radius 2 is 2.29 bits per heavy atom. The number of hydrogen-bond acceptors (Lipinski definition) is 5. The minimum Gasteiger partial charge on any atom is -0.480 e. The maximum atomic E-state index is 12.2. The summed E-state index contributed by atoms with van der Waals surface area (Å²) in [7, 11) is 0. The summed E-state index contributed by atoms with van der Waals surface area (Å²) < 4.78 is 2.07. The molecule has 0 aromatic carbocycles. The molecule has 0 bridgehead atoms. The maximum Gasteiger partial charge on any atom is 0.326 e. The number of carboxylic acids is 1. The van der Waals surface area contributed by atoms with Crippen LogP contribution in [0.15, 0.2) is 30.0 Å². The van der Waals surface area contributed by atoms with E-state index >= 15 is 0 Å². The Labute approximate surface area is 127 Å². The Morgan fingerprint density at radius 3 is 2.95 bits per heavy atom. The van der Waals surface area contributed by atoms with E-state index in [9.17, 15) is 14.7 Å². The van der Waals surface area contributed by atoms with Crippen LogP contribution >= 0.6 is 22.7 Å². The number of nitrogens with zero attached hydrogens (tertiary/aromatic N) is 1. The summed E-state index contributed by atoms with van der Waals surface area (Å²) in [6, 6.07) is 2.74. The number of carbonyl (C=O) groups is 2. The molecule has 0 saturated heterocycles. The Hall–Kier alpha value is -2.19. The van der Waals surface area contributed by atoms with Crippen molar-refractivity contribution < 1.29 is 14.7 Å². The zero-order chi connectivity index (χ0) is 14.8. The first kappa shape index (κ1) is 13.8. The molecule has 21 heavy (non-hydrogen) atoms. The van der Waals surface area contributed by atoms with E-state index in [-0.39, 0.29) is 12.3 Å². The third kappa shape index (κ3) is 2.96. The number of hydrogen-bond donors (Lipinski definition) is 3. The highest BCUT2D eigenvalue weighted by atomic mass is 32.1. The molecule has 0 spiro atoms. The zero-order valence-corrected chi connectivity index (χ0v) is 12.3. The first-order valence-corrected chi connectivity index (χ1v) is 7.81. The Kier molecular flexibility index (Phi) is 3.72. The number of rotatable bonds is 5. The Bertz CT molecular complexity index is 747. The van der Waals surface area contributed by atoms with Gasteiger partial charge < -0.3 is 15.4 Å². The number of aliphatic carboxylic acids is 1. The highest BCUT2D eigenvalue weighted by Crippen LogP contribution is 2.29. The molecule has 108 valence electrons. The largest absolute Gasteiger partial charge is 0.480 e. The van der Waals surface area contributed by atoms with Crippen molar-refractivity contribution in [2.45, 2.75) is 12.5 Å². The van der Waals surface area contributed by atoms with Gasteiger partial charge in [-0.05, 0) is 17.5 Å². The van der Waals surface area contributed by atoms with E-state index in [2.05, 4.69) is 15.3 Å². The maximum absolute atomic E-state index is 12.2. The minimum absolute atomic E-state index is 0.167. The lowest BCUT2D eigenvalue weighted by Gasteiger charge is -2.12. The summed E-state index contributed by atoms with van der Waals surface area (Å²) in [6.07, 6.45) is 3.19. The van der Waals surface area contributed by atoms with Gasteiger partial charge in [0.05, 0.1) is 11.2 Å². The molecule has 0 saturated carbocycles. The topological polar surface area (TPSA) is 95.1 Å². The van der Waals surface area contributed by atoms with Gasteiger partial charge in [0.2, 0.25) is 0 Å². The molecule has 0 fully saturated rings. The lowest BCUT2D eigenvalue weighted by Crippen LogP contribution is -2.42. The molecule has 1 atom stereocenters. The number of thiophene rings is 2. The predicted molar refractivity (Wildman–Crippen MR) is 80.9 cm³/mol. The van der Waals surface area contributed by atoms with Crippen LogP contribution in [0.2, 0.25) is 0 Å². The molecule has 0 aliphatic heterocycles. The van der Waals surface area contributed by atoms with Gasteiger partial charge >= 0.3 is 5.97 Å². The quantitative estimate of drug-likeness (QED) is 0.671. The molecule has 0 radical (unpaired) electrons. The van der Waals surface area contributed by atoms with E-state index in [0.29, 0.717) is 10.6 Å². The summed E-state index contributed by atoms with van der Waals surface area (Å²) in [5, 5.41) is 13.7. The molecule has 3 aromatic heterocycles. The van der Waals surface area contributed by atoms with Crippen molar-refractivity contribution >= 4 is 43.9 Å². The van der Waals surface area contributed by atoms with Gasteiger partial charge in [0.25, 0.3) is 5.91 Å². The van der Waals surface area contributed by atoms with Crippen LogP contribution in [0.5, 0.6) is 0 Å². The summed E-state index contributed by atoms with van der Waals surface area (Å²) >= 11 is 2.91. The van der Waals surface area contributed by atoms with E-state index in [1.807, 2.05) is 11.4 Å². The molecular formula is C13H11N3O3S2. The number of amides is 1. The third-order valence-electron chi connectivity index (χ3n) is 2.95. The summed E-state index contributed by atoms with van der Waals surface area (Å²) in [6.45, 7) is 0. The normalized spacial score (nSPS) is 12.4. The molecule has 3 rings (SSSR count). The average Bonchev–Trinajstić information content (AvgIpc) is 3.13. The molecule has 8 heteroatoms. The number of H-pyrrole nitrogens is 1. The van der Waals surface area contributed by atoms with Crippen molar-refractivity contribution in [2.24, 2.45) is 0 Å². The molecule has 3 N–H and O–H groups in total. The van der Waals surface area contributed by atoms with E-state index in [0.717, 1.165) is 9.40 Å². The SMILES string of the molecule is O=C(NC(Cc1cnc[nH]1)C(=O)O)c1cc2sccc2s1. The fourth-order valence-corrected chi connectivity index (χ4v) is 3.94. The van der Waals surface area contributed by atoms with Crippen molar-refractivity contribution in [3.05, 3.63) is 40.6 Å². The smallest absolute Gasteiger partial charge is 0.326 e. The number of carbonyl (C=O) groups excluding carboxylic acids is 1. The van der Waals surface area contributed by atoms with Gasteiger partial charge in [0, 0.05) is 27.7 Å². The average molecular weight is 321 g/mol. The third-order valence-corrected chi connectivity index (χ3v) is 5.04. The zero-order valence-electron chi connectivity index (χ0n) is 10.7. The number of aromatic nitrogens is 2. The summed E-state index contributed by atoms with van der Waals surface area (Å²) in [4.78, 5) is 30.6. The fraction of sp³-hybridized carbons (Fsp3) is 0.154. The standard InChI is InChI=1S/C13H11N3O3S2/c17-12(11-4-10-9(21-11)1-2-20-10)16-8(13(18)19)3-7-5-14-6-15-7/h1-2,4-6,8H,3H2,(H,14,15)(H,16,17)(H,18,19). The monoisotopic (exact) mass is 321 g/mol. The van der Waals surface area contributed by atoms with Crippen LogP contribution in [0.25, 0.3) is 9.40 Å². The summed E-state index contributed by atoms with van der Waals surface area (Å²) in [5.74, 6) is -1.44. The van der Waals surface area contributed by atoms with Gasteiger partial charge in [0.1, 0.15) is 6.04 Å². The second kappa shape index (κ2) is 5.66. The van der Waals surface area contributed by atoms with Crippen molar-refractivity contribution in [2.75, 3.05) is 0 Å². The number of carboxylic acid groups (broad SMARTS) is 1. The van der Waals surface area contributed by atoms with Gasteiger partial charge in [-0.25, -0.2) is 9.78 Å². The van der Waals surface area contributed by atoms with E-state index in [1.165, 1.54) is 17.7 Å². The number of nitrogens with one attached hydrogen (secondary N) is 2. The van der Waals surface area contributed by atoms with Crippen LogP contribution in [0.4, 0.5) is 0 Å². The van der Waals surface area contributed by atoms with Crippen LogP contribution in [-0.2, 0) is 11.2 Å². The van der Waals surface area contributed by atoms with Gasteiger partial charge in [-0.15, -0.1) is 22.7 Å². The molecule has 1 amide bonds. The van der Waals surface area contributed by atoms with Crippen molar-refractivity contribution in [1.29, 1.82) is 0 Å². The number of aromatic amines is 1. The van der Waals surface area contributed by atoms with Crippen LogP contribution < -0.4 is 5.32 Å². The fourth-order valence-electron chi connectivity index (χ4n) is 1.92.